The van der Waals surface area contributed by atoms with Crippen LogP contribution in [0.4, 0.5) is 0 Å². The van der Waals surface area contributed by atoms with E-state index < -0.39 is 0 Å². The van der Waals surface area contributed by atoms with Crippen LogP contribution in [0.5, 0.6) is 0 Å². The van der Waals surface area contributed by atoms with E-state index in [-0.39, 0.29) is 11.7 Å². The summed E-state index contributed by atoms with van der Waals surface area (Å²) in [5.74, 6) is 0.305. The Morgan fingerprint density at radius 1 is 1.14 bits per heavy atom. The third-order valence-electron chi connectivity index (χ3n) is 2.49. The van der Waals surface area contributed by atoms with Gasteiger partial charge < -0.3 is 4.74 Å². The van der Waals surface area contributed by atoms with Crippen LogP contribution in [0.1, 0.15) is 59.3 Å². The van der Waals surface area contributed by atoms with E-state index in [1.165, 1.54) is 12.8 Å². The Labute approximate surface area is 87.0 Å². The van der Waals surface area contributed by atoms with E-state index in [2.05, 4.69) is 0 Å². The number of ketones is 1. The number of ether oxygens (including phenoxy) is 1. The van der Waals surface area contributed by atoms with Gasteiger partial charge >= 0.3 is 0 Å². The minimum absolute atomic E-state index is 0.143. The lowest BCUT2D eigenvalue weighted by Gasteiger charge is -2.27. The lowest BCUT2D eigenvalue weighted by molar-refractivity contribution is -0.141. The van der Waals surface area contributed by atoms with Crippen LogP contribution in [-0.2, 0) is 9.53 Å². The molecule has 0 aliphatic heterocycles. The van der Waals surface area contributed by atoms with E-state index in [1.54, 1.807) is 0 Å². The van der Waals surface area contributed by atoms with Crippen molar-refractivity contribution < 1.29 is 9.53 Å². The van der Waals surface area contributed by atoms with E-state index >= 15 is 0 Å². The zero-order chi connectivity index (χ0) is 10.6. The molecule has 0 aromatic rings. The van der Waals surface area contributed by atoms with Gasteiger partial charge in [0.05, 0.1) is 5.60 Å². The predicted molar refractivity (Wildman–Crippen MR) is 57.3 cm³/mol. The quantitative estimate of drug-likeness (QED) is 0.647. The van der Waals surface area contributed by atoms with E-state index in [9.17, 15) is 4.79 Å². The Kier molecular flexibility index (Phi) is 4.11. The van der Waals surface area contributed by atoms with E-state index in [0.717, 1.165) is 19.3 Å². The van der Waals surface area contributed by atoms with Crippen LogP contribution < -0.4 is 0 Å². The van der Waals surface area contributed by atoms with Crippen molar-refractivity contribution in [1.82, 2.24) is 0 Å². The monoisotopic (exact) mass is 198 g/mol. The van der Waals surface area contributed by atoms with Gasteiger partial charge in [-0.25, -0.2) is 0 Å². The number of Topliss-reactive ketones (excluding diaryl/α,β-unsaturated/α-hetero) is 1. The fourth-order valence-corrected chi connectivity index (χ4v) is 1.86. The Morgan fingerprint density at radius 3 is 2.43 bits per heavy atom. The second kappa shape index (κ2) is 4.92. The zero-order valence-corrected chi connectivity index (χ0v) is 9.64. The summed E-state index contributed by atoms with van der Waals surface area (Å²) in [4.78, 5) is 11.7. The Hall–Kier alpha value is -0.370. The highest BCUT2D eigenvalue weighted by molar-refractivity contribution is 5.83. The summed E-state index contributed by atoms with van der Waals surface area (Å²) in [7, 11) is 0. The summed E-state index contributed by atoms with van der Waals surface area (Å²) in [6.45, 7) is 6.04. The first-order chi connectivity index (χ1) is 6.49. The van der Waals surface area contributed by atoms with E-state index in [4.69, 9.17) is 4.74 Å². The topological polar surface area (TPSA) is 26.3 Å². The summed E-state index contributed by atoms with van der Waals surface area (Å²) in [5.41, 5.74) is -0.195. The lowest BCUT2D eigenvalue weighted by Crippen LogP contribution is -2.33. The standard InChI is InChI=1S/C12H22O2/c1-12(2,3)14-11-9-7-5-4-6-8-10(11)13/h11H,4-9H2,1-3H3. The molecule has 1 aliphatic rings. The molecule has 0 N–H and O–H groups in total. The highest BCUT2D eigenvalue weighted by atomic mass is 16.5. The summed E-state index contributed by atoms with van der Waals surface area (Å²) >= 11 is 0. The molecule has 0 heterocycles. The summed E-state index contributed by atoms with van der Waals surface area (Å²) in [6.07, 6.45) is 6.10. The second-order valence-electron chi connectivity index (χ2n) is 5.14. The SMILES string of the molecule is CC(C)(C)OC1CCCCCCC1=O. The fourth-order valence-electron chi connectivity index (χ4n) is 1.86. The molecular formula is C12H22O2. The minimum Gasteiger partial charge on any atom is -0.365 e. The van der Waals surface area contributed by atoms with Gasteiger partial charge in [-0.3, -0.25) is 4.79 Å². The molecule has 0 amide bonds. The zero-order valence-electron chi connectivity index (χ0n) is 9.64. The molecule has 1 aliphatic carbocycles. The molecule has 1 saturated carbocycles. The lowest BCUT2D eigenvalue weighted by atomic mass is 9.97. The van der Waals surface area contributed by atoms with Crippen LogP contribution in [0.3, 0.4) is 0 Å². The van der Waals surface area contributed by atoms with Gasteiger partial charge in [0.1, 0.15) is 6.10 Å². The highest BCUT2D eigenvalue weighted by Crippen LogP contribution is 2.21. The largest absolute Gasteiger partial charge is 0.365 e. The van der Waals surface area contributed by atoms with Crippen LogP contribution in [0.2, 0.25) is 0 Å². The summed E-state index contributed by atoms with van der Waals surface area (Å²) in [5, 5.41) is 0. The van der Waals surface area contributed by atoms with E-state index in [0.29, 0.717) is 12.2 Å². The third kappa shape index (κ3) is 4.23. The maximum atomic E-state index is 11.7. The number of hydrogen-bond donors (Lipinski definition) is 0. The third-order valence-corrected chi connectivity index (χ3v) is 2.49. The van der Waals surface area contributed by atoms with Gasteiger partial charge in [-0.15, -0.1) is 0 Å². The smallest absolute Gasteiger partial charge is 0.161 e. The minimum atomic E-state index is -0.195. The highest BCUT2D eigenvalue weighted by Gasteiger charge is 2.25. The molecule has 2 heteroatoms. The van der Waals surface area contributed by atoms with Crippen molar-refractivity contribution in [3.63, 3.8) is 0 Å². The number of hydrogen-bond acceptors (Lipinski definition) is 2. The Morgan fingerprint density at radius 2 is 1.79 bits per heavy atom. The van der Waals surface area contributed by atoms with Crippen molar-refractivity contribution in [3.8, 4) is 0 Å². The average Bonchev–Trinajstić information content (AvgIpc) is 2.03. The molecule has 0 aromatic heterocycles. The predicted octanol–water partition coefficient (Wildman–Crippen LogP) is 3.09. The molecule has 14 heavy (non-hydrogen) atoms. The normalized spacial score (nSPS) is 25.6. The first kappa shape index (κ1) is 11.7. The molecule has 0 aromatic carbocycles. The van der Waals surface area contributed by atoms with Crippen molar-refractivity contribution in [1.29, 1.82) is 0 Å². The molecule has 1 fully saturated rings. The van der Waals surface area contributed by atoms with E-state index in [1.807, 2.05) is 20.8 Å². The first-order valence-electron chi connectivity index (χ1n) is 5.69. The van der Waals surface area contributed by atoms with Gasteiger partial charge in [0, 0.05) is 6.42 Å². The van der Waals surface area contributed by atoms with Crippen molar-refractivity contribution in [2.45, 2.75) is 71.0 Å². The van der Waals surface area contributed by atoms with Gasteiger partial charge in [-0.2, -0.15) is 0 Å². The van der Waals surface area contributed by atoms with Gasteiger partial charge in [-0.1, -0.05) is 19.3 Å². The van der Waals surface area contributed by atoms with Gasteiger partial charge in [0.2, 0.25) is 0 Å². The Balaban J connectivity index is 2.50. The van der Waals surface area contributed by atoms with Crippen LogP contribution in [0.25, 0.3) is 0 Å². The van der Waals surface area contributed by atoms with Crippen LogP contribution >= 0.6 is 0 Å². The van der Waals surface area contributed by atoms with Crippen molar-refractivity contribution in [2.24, 2.45) is 0 Å². The molecule has 0 spiro atoms. The number of carbonyl (C=O) groups is 1. The maximum absolute atomic E-state index is 11.7. The maximum Gasteiger partial charge on any atom is 0.161 e. The van der Waals surface area contributed by atoms with Gasteiger partial charge in [-0.05, 0) is 33.6 Å². The average molecular weight is 198 g/mol. The molecule has 1 rings (SSSR count). The summed E-state index contributed by atoms with van der Waals surface area (Å²) < 4.78 is 5.78. The fraction of sp³-hybridized carbons (Fsp3) is 0.917. The summed E-state index contributed by atoms with van der Waals surface area (Å²) in [6, 6.07) is 0. The number of rotatable bonds is 1. The van der Waals surface area contributed by atoms with Crippen molar-refractivity contribution in [2.75, 3.05) is 0 Å². The van der Waals surface area contributed by atoms with Crippen LogP contribution in [0, 0.1) is 0 Å². The molecule has 0 bridgehead atoms. The van der Waals surface area contributed by atoms with Gasteiger partial charge in [0.25, 0.3) is 0 Å². The first-order valence-corrected chi connectivity index (χ1v) is 5.69. The second-order valence-corrected chi connectivity index (χ2v) is 5.14. The molecular weight excluding hydrogens is 176 g/mol. The Bertz CT molecular complexity index is 191. The van der Waals surface area contributed by atoms with Crippen LogP contribution in [0.15, 0.2) is 0 Å². The molecule has 82 valence electrons. The number of carbonyl (C=O) groups excluding carboxylic acids is 1. The molecule has 1 unspecified atom stereocenters. The molecule has 1 atom stereocenters. The van der Waals surface area contributed by atoms with Gasteiger partial charge in [0.15, 0.2) is 5.78 Å². The molecule has 0 radical (unpaired) electrons. The van der Waals surface area contributed by atoms with Crippen molar-refractivity contribution in [3.05, 3.63) is 0 Å². The molecule has 0 saturated heterocycles. The van der Waals surface area contributed by atoms with Crippen molar-refractivity contribution >= 4 is 5.78 Å². The van der Waals surface area contributed by atoms with Crippen LogP contribution in [-0.4, -0.2) is 17.5 Å². The molecule has 2 nitrogen and oxygen atoms in total.